The van der Waals surface area contributed by atoms with Gasteiger partial charge >= 0.3 is 5.97 Å². The molecule has 0 aliphatic rings. The van der Waals surface area contributed by atoms with Crippen LogP contribution in [0.25, 0.3) is 5.52 Å². The van der Waals surface area contributed by atoms with E-state index in [0.717, 1.165) is 11.1 Å². The van der Waals surface area contributed by atoms with E-state index in [1.54, 1.807) is 13.8 Å². The summed E-state index contributed by atoms with van der Waals surface area (Å²) in [5.74, 6) is -0.869. The zero-order chi connectivity index (χ0) is 15.6. The minimum atomic E-state index is -0.977. The van der Waals surface area contributed by atoms with Crippen molar-refractivity contribution in [2.45, 2.75) is 32.9 Å². The molecule has 0 bridgehead atoms. The normalized spacial score (nSPS) is 11.8. The molecule has 1 N–H and O–H groups in total. The predicted molar refractivity (Wildman–Crippen MR) is 79.9 cm³/mol. The molecule has 0 fully saturated rings. The topological polar surface area (TPSA) is 68.7 Å². The number of pyridine rings is 1. The molecule has 0 unspecified atom stereocenters. The first-order valence-corrected chi connectivity index (χ1v) is 6.89. The number of carbonyl (C=O) groups is 1. The third-order valence-corrected chi connectivity index (χ3v) is 3.93. The molecule has 0 aliphatic heterocycles. The van der Waals surface area contributed by atoms with Crippen LogP contribution in [0.4, 0.5) is 0 Å². The van der Waals surface area contributed by atoms with E-state index in [1.807, 2.05) is 46.8 Å². The van der Waals surface area contributed by atoms with Crippen LogP contribution >= 0.6 is 0 Å². The molecule has 0 radical (unpaired) electrons. The second-order valence-corrected chi connectivity index (χ2v) is 5.51. The highest BCUT2D eigenvalue weighted by molar-refractivity contribution is 5.77. The Kier molecular flexibility index (Phi) is 4.01. The molecule has 0 spiro atoms. The van der Waals surface area contributed by atoms with Gasteiger partial charge < -0.3 is 9.51 Å². The molecule has 0 saturated carbocycles. The van der Waals surface area contributed by atoms with Gasteiger partial charge in [0.15, 0.2) is 0 Å². The van der Waals surface area contributed by atoms with Gasteiger partial charge in [0.05, 0.1) is 11.1 Å². The average Bonchev–Trinajstić information content (AvgIpc) is 2.81. The van der Waals surface area contributed by atoms with E-state index in [1.165, 1.54) is 0 Å². The average molecular weight is 285 g/mol. The number of carboxylic acid groups (broad SMARTS) is 1. The predicted octanol–water partition coefficient (Wildman–Crippen LogP) is 2.50. The number of likely N-dealkylation sites (N-methyl/N-ethyl adjacent to an activating group) is 1. The van der Waals surface area contributed by atoms with Crippen LogP contribution in [0.5, 0.6) is 0 Å². The lowest BCUT2D eigenvalue weighted by Crippen LogP contribution is -2.49. The molecule has 2 heterocycles. The van der Waals surface area contributed by atoms with Gasteiger partial charge in [0.25, 0.3) is 0 Å². The Hall–Kier alpha value is -2.32. The first-order chi connectivity index (χ1) is 9.91. The van der Waals surface area contributed by atoms with Gasteiger partial charge in [-0.3, -0.25) is 9.69 Å². The van der Waals surface area contributed by atoms with Crippen LogP contribution in [0.1, 0.15) is 31.9 Å². The van der Waals surface area contributed by atoms with E-state index in [0.29, 0.717) is 18.7 Å². The smallest absolute Gasteiger partial charge is 0.323 e. The second-order valence-electron chi connectivity index (χ2n) is 5.51. The van der Waals surface area contributed by atoms with E-state index >= 15 is 0 Å². The van der Waals surface area contributed by atoms with Crippen LogP contribution < -0.4 is 0 Å². The van der Waals surface area contributed by atoms with Gasteiger partial charge in [0.2, 0.25) is 0 Å². The Labute approximate surface area is 124 Å². The number of carboxylic acids is 1. The molecule has 21 heavy (non-hydrogen) atoms. The SMILES string of the molecule is CCN(Cc1cn2ccccc2c1C#N)C(C)(C)C(=O)O. The fourth-order valence-corrected chi connectivity index (χ4v) is 2.47. The summed E-state index contributed by atoms with van der Waals surface area (Å²) in [5.41, 5.74) is 1.32. The number of hydrogen-bond donors (Lipinski definition) is 1. The lowest BCUT2D eigenvalue weighted by atomic mass is 10.0. The van der Waals surface area contributed by atoms with Crippen LogP contribution in [0.15, 0.2) is 30.6 Å². The maximum atomic E-state index is 11.4. The van der Waals surface area contributed by atoms with Gasteiger partial charge in [0, 0.05) is 24.5 Å². The van der Waals surface area contributed by atoms with Gasteiger partial charge in [0.1, 0.15) is 11.6 Å². The standard InChI is InChI=1S/C16H19N3O2/c1-4-19(16(2,3)15(20)21)11-12-10-18-8-6-5-7-14(18)13(12)9-17/h5-8,10H,4,11H2,1-3H3,(H,20,21). The highest BCUT2D eigenvalue weighted by Gasteiger charge is 2.34. The minimum absolute atomic E-state index is 0.431. The van der Waals surface area contributed by atoms with Gasteiger partial charge in [-0.1, -0.05) is 13.0 Å². The zero-order valence-electron chi connectivity index (χ0n) is 12.5. The van der Waals surface area contributed by atoms with Crippen molar-refractivity contribution in [3.63, 3.8) is 0 Å². The fraction of sp³-hybridized carbons (Fsp3) is 0.375. The summed E-state index contributed by atoms with van der Waals surface area (Å²) in [4.78, 5) is 13.3. The molecular formula is C16H19N3O2. The summed E-state index contributed by atoms with van der Waals surface area (Å²) in [5, 5.41) is 18.8. The van der Waals surface area contributed by atoms with Gasteiger partial charge in [-0.2, -0.15) is 5.26 Å². The van der Waals surface area contributed by atoms with Gasteiger partial charge in [-0.15, -0.1) is 0 Å². The maximum Gasteiger partial charge on any atom is 0.323 e. The van der Waals surface area contributed by atoms with Crippen molar-refractivity contribution in [3.05, 3.63) is 41.7 Å². The number of nitrogens with zero attached hydrogens (tertiary/aromatic N) is 3. The number of nitriles is 1. The quantitative estimate of drug-likeness (QED) is 0.916. The molecule has 0 saturated heterocycles. The molecule has 5 heteroatoms. The molecule has 2 aromatic rings. The van der Waals surface area contributed by atoms with E-state index in [2.05, 4.69) is 6.07 Å². The number of hydrogen-bond acceptors (Lipinski definition) is 3. The molecular weight excluding hydrogens is 266 g/mol. The Balaban J connectivity index is 2.43. The summed E-state index contributed by atoms with van der Waals surface area (Å²) in [7, 11) is 0. The summed E-state index contributed by atoms with van der Waals surface area (Å²) in [6, 6.07) is 7.91. The number of rotatable bonds is 5. The molecule has 0 amide bonds. The highest BCUT2D eigenvalue weighted by atomic mass is 16.4. The van der Waals surface area contributed by atoms with Crippen molar-refractivity contribution in [1.29, 1.82) is 5.26 Å². The lowest BCUT2D eigenvalue weighted by Gasteiger charge is -2.33. The monoisotopic (exact) mass is 285 g/mol. The van der Waals surface area contributed by atoms with Gasteiger partial charge in [-0.05, 0) is 32.5 Å². The van der Waals surface area contributed by atoms with E-state index in [4.69, 9.17) is 0 Å². The van der Waals surface area contributed by atoms with Crippen molar-refractivity contribution >= 4 is 11.5 Å². The first-order valence-electron chi connectivity index (χ1n) is 6.89. The van der Waals surface area contributed by atoms with Crippen molar-refractivity contribution in [3.8, 4) is 6.07 Å². The van der Waals surface area contributed by atoms with E-state index in [9.17, 15) is 15.2 Å². The van der Waals surface area contributed by atoms with E-state index < -0.39 is 11.5 Å². The van der Waals surface area contributed by atoms with Crippen LogP contribution in [-0.4, -0.2) is 32.5 Å². The number of fused-ring (bicyclic) bond motifs is 1. The molecule has 0 aromatic carbocycles. The summed E-state index contributed by atoms with van der Waals surface area (Å²) in [6.07, 6.45) is 3.78. The third-order valence-electron chi connectivity index (χ3n) is 3.93. The minimum Gasteiger partial charge on any atom is -0.480 e. The molecule has 5 nitrogen and oxygen atoms in total. The largest absolute Gasteiger partial charge is 0.480 e. The van der Waals surface area contributed by atoms with Crippen molar-refractivity contribution in [2.24, 2.45) is 0 Å². The molecule has 0 atom stereocenters. The Morgan fingerprint density at radius 3 is 2.76 bits per heavy atom. The fourth-order valence-electron chi connectivity index (χ4n) is 2.47. The Morgan fingerprint density at radius 2 is 2.19 bits per heavy atom. The van der Waals surface area contributed by atoms with Crippen LogP contribution in [0.3, 0.4) is 0 Å². The molecule has 0 aliphatic carbocycles. The third kappa shape index (κ3) is 2.63. The van der Waals surface area contributed by atoms with Crippen molar-refractivity contribution < 1.29 is 9.90 Å². The maximum absolute atomic E-state index is 11.4. The van der Waals surface area contributed by atoms with Crippen LogP contribution in [-0.2, 0) is 11.3 Å². The molecule has 110 valence electrons. The van der Waals surface area contributed by atoms with Crippen LogP contribution in [0, 0.1) is 11.3 Å². The molecule has 2 rings (SSSR count). The van der Waals surface area contributed by atoms with E-state index in [-0.39, 0.29) is 0 Å². The number of aromatic nitrogens is 1. The summed E-state index contributed by atoms with van der Waals surface area (Å²) in [6.45, 7) is 6.31. The van der Waals surface area contributed by atoms with Gasteiger partial charge in [-0.25, -0.2) is 0 Å². The zero-order valence-corrected chi connectivity index (χ0v) is 12.5. The lowest BCUT2D eigenvalue weighted by molar-refractivity contribution is -0.149. The highest BCUT2D eigenvalue weighted by Crippen LogP contribution is 2.23. The summed E-state index contributed by atoms with van der Waals surface area (Å²) < 4.78 is 1.90. The second kappa shape index (κ2) is 5.58. The first kappa shape index (κ1) is 15.1. The Morgan fingerprint density at radius 1 is 1.48 bits per heavy atom. The summed E-state index contributed by atoms with van der Waals surface area (Å²) >= 11 is 0. The van der Waals surface area contributed by atoms with Crippen molar-refractivity contribution in [2.75, 3.05) is 6.54 Å². The van der Waals surface area contributed by atoms with Crippen molar-refractivity contribution in [1.82, 2.24) is 9.30 Å². The Bertz CT molecular complexity index is 710. The van der Waals surface area contributed by atoms with Crippen LogP contribution in [0.2, 0.25) is 0 Å². The molecule has 2 aromatic heterocycles. The number of aliphatic carboxylic acids is 1.